The van der Waals surface area contributed by atoms with E-state index in [-0.39, 0.29) is 23.7 Å². The van der Waals surface area contributed by atoms with Crippen LogP contribution in [-0.2, 0) is 4.79 Å². The van der Waals surface area contributed by atoms with Crippen molar-refractivity contribution in [1.29, 1.82) is 5.26 Å². The van der Waals surface area contributed by atoms with Gasteiger partial charge in [-0.3, -0.25) is 4.79 Å². The van der Waals surface area contributed by atoms with E-state index < -0.39 is 0 Å². The SMILES string of the molecule is CC(=O)Nc1nnc(Nc2cnc(C#N)cn2)cc1NC1CCC(N)C1. The van der Waals surface area contributed by atoms with Crippen LogP contribution in [0.15, 0.2) is 18.5 Å². The first kappa shape index (κ1) is 17.5. The fraction of sp³-hybridized carbons (Fsp3) is 0.375. The van der Waals surface area contributed by atoms with E-state index >= 15 is 0 Å². The minimum absolute atomic E-state index is 0.179. The molecule has 0 aromatic carbocycles. The molecule has 0 saturated heterocycles. The molecule has 3 rings (SSSR count). The summed E-state index contributed by atoms with van der Waals surface area (Å²) in [4.78, 5) is 19.4. The van der Waals surface area contributed by atoms with Crippen LogP contribution in [0, 0.1) is 11.3 Å². The molecule has 0 radical (unpaired) electrons. The molecule has 2 heterocycles. The maximum Gasteiger partial charge on any atom is 0.222 e. The van der Waals surface area contributed by atoms with Gasteiger partial charge < -0.3 is 21.7 Å². The quantitative estimate of drug-likeness (QED) is 0.619. The number of nitrogens with two attached hydrogens (primary N) is 1. The number of aromatic nitrogens is 4. The van der Waals surface area contributed by atoms with E-state index in [4.69, 9.17) is 11.0 Å². The Morgan fingerprint density at radius 1 is 1.27 bits per heavy atom. The molecule has 2 atom stereocenters. The standard InChI is InChI=1S/C16H19N9O/c1-9(26)21-16-13(22-11-3-2-10(18)4-11)5-14(24-25-16)23-15-8-19-12(6-17)7-20-15/h5,7-8,10-11H,2-4,18H2,1H3,(H,21,25,26)(H2,20,22,23,24). The summed E-state index contributed by atoms with van der Waals surface area (Å²) < 4.78 is 0. The zero-order valence-electron chi connectivity index (χ0n) is 14.2. The minimum Gasteiger partial charge on any atom is -0.379 e. The highest BCUT2D eigenvalue weighted by Gasteiger charge is 2.23. The van der Waals surface area contributed by atoms with Crippen LogP contribution in [0.5, 0.6) is 0 Å². The number of carbonyl (C=O) groups is 1. The van der Waals surface area contributed by atoms with Gasteiger partial charge in [-0.05, 0) is 19.3 Å². The summed E-state index contributed by atoms with van der Waals surface area (Å²) in [6.45, 7) is 1.41. The third kappa shape index (κ3) is 4.40. The maximum atomic E-state index is 11.4. The Bertz CT molecular complexity index is 831. The van der Waals surface area contributed by atoms with Gasteiger partial charge in [-0.2, -0.15) is 5.26 Å². The highest BCUT2D eigenvalue weighted by molar-refractivity contribution is 5.91. The number of hydrogen-bond donors (Lipinski definition) is 4. The van der Waals surface area contributed by atoms with Gasteiger partial charge in [0.15, 0.2) is 17.3 Å². The Labute approximate surface area is 150 Å². The van der Waals surface area contributed by atoms with E-state index in [9.17, 15) is 4.79 Å². The topological polar surface area (TPSA) is 155 Å². The Morgan fingerprint density at radius 2 is 2.12 bits per heavy atom. The predicted molar refractivity (Wildman–Crippen MR) is 95.6 cm³/mol. The van der Waals surface area contributed by atoms with Crippen molar-refractivity contribution < 1.29 is 4.79 Å². The summed E-state index contributed by atoms with van der Waals surface area (Å²) in [6, 6.07) is 4.04. The van der Waals surface area contributed by atoms with Crippen molar-refractivity contribution in [2.24, 2.45) is 5.73 Å². The van der Waals surface area contributed by atoms with Crippen LogP contribution in [-0.4, -0.2) is 38.2 Å². The molecule has 0 bridgehead atoms. The molecule has 2 aromatic heterocycles. The second-order valence-corrected chi connectivity index (χ2v) is 6.11. The van der Waals surface area contributed by atoms with Crippen LogP contribution in [0.25, 0.3) is 0 Å². The normalized spacial score (nSPS) is 18.8. The highest BCUT2D eigenvalue weighted by Crippen LogP contribution is 2.27. The summed E-state index contributed by atoms with van der Waals surface area (Å²) in [5.74, 6) is 0.987. The highest BCUT2D eigenvalue weighted by atomic mass is 16.1. The lowest BCUT2D eigenvalue weighted by Gasteiger charge is -2.17. The van der Waals surface area contributed by atoms with Crippen LogP contribution in [0.4, 0.5) is 23.1 Å². The first-order valence-corrected chi connectivity index (χ1v) is 8.20. The van der Waals surface area contributed by atoms with E-state index in [2.05, 4.69) is 36.1 Å². The summed E-state index contributed by atoms with van der Waals surface area (Å²) in [5, 5.41) is 25.9. The van der Waals surface area contributed by atoms with Gasteiger partial charge in [0.2, 0.25) is 5.91 Å². The molecule has 134 valence electrons. The third-order valence-corrected chi connectivity index (χ3v) is 3.94. The van der Waals surface area contributed by atoms with Gasteiger partial charge in [0.1, 0.15) is 11.9 Å². The van der Waals surface area contributed by atoms with Crippen LogP contribution in [0.1, 0.15) is 31.9 Å². The summed E-state index contributed by atoms with van der Waals surface area (Å²) in [7, 11) is 0. The maximum absolute atomic E-state index is 11.4. The summed E-state index contributed by atoms with van der Waals surface area (Å²) >= 11 is 0. The molecular weight excluding hydrogens is 334 g/mol. The number of hydrogen-bond acceptors (Lipinski definition) is 9. The second-order valence-electron chi connectivity index (χ2n) is 6.11. The van der Waals surface area contributed by atoms with Gasteiger partial charge in [-0.25, -0.2) is 9.97 Å². The number of rotatable bonds is 5. The lowest BCUT2D eigenvalue weighted by atomic mass is 10.2. The van der Waals surface area contributed by atoms with E-state index in [0.29, 0.717) is 23.1 Å². The van der Waals surface area contributed by atoms with Gasteiger partial charge >= 0.3 is 0 Å². The van der Waals surface area contributed by atoms with Gasteiger partial charge in [0.25, 0.3) is 0 Å². The molecule has 1 aliphatic carbocycles. The molecule has 2 aromatic rings. The molecule has 1 aliphatic rings. The average Bonchev–Trinajstić information content (AvgIpc) is 3.02. The number of nitriles is 1. The zero-order chi connectivity index (χ0) is 18.5. The molecule has 0 aliphatic heterocycles. The van der Waals surface area contributed by atoms with Gasteiger partial charge in [0, 0.05) is 25.1 Å². The Morgan fingerprint density at radius 3 is 2.73 bits per heavy atom. The van der Waals surface area contributed by atoms with Crippen molar-refractivity contribution in [3.63, 3.8) is 0 Å². The second kappa shape index (κ2) is 7.71. The largest absolute Gasteiger partial charge is 0.379 e. The van der Waals surface area contributed by atoms with Crippen molar-refractivity contribution in [1.82, 2.24) is 20.2 Å². The molecule has 10 heteroatoms. The number of nitrogens with one attached hydrogen (secondary N) is 3. The molecule has 1 fully saturated rings. The molecule has 2 unspecified atom stereocenters. The van der Waals surface area contributed by atoms with Crippen LogP contribution >= 0.6 is 0 Å². The van der Waals surface area contributed by atoms with E-state index in [0.717, 1.165) is 19.3 Å². The van der Waals surface area contributed by atoms with Crippen LogP contribution in [0.2, 0.25) is 0 Å². The fourth-order valence-electron chi connectivity index (χ4n) is 2.77. The van der Waals surface area contributed by atoms with E-state index in [1.165, 1.54) is 19.3 Å². The first-order chi connectivity index (χ1) is 12.5. The molecule has 0 spiro atoms. The summed E-state index contributed by atoms with van der Waals surface area (Å²) in [5.41, 5.74) is 6.84. The number of carbonyl (C=O) groups excluding carboxylic acids is 1. The minimum atomic E-state index is -0.232. The van der Waals surface area contributed by atoms with Crippen molar-refractivity contribution in [3.05, 3.63) is 24.2 Å². The number of amides is 1. The molecule has 5 N–H and O–H groups in total. The smallest absolute Gasteiger partial charge is 0.222 e. The Balaban J connectivity index is 1.80. The van der Waals surface area contributed by atoms with Crippen molar-refractivity contribution >= 4 is 29.0 Å². The van der Waals surface area contributed by atoms with Gasteiger partial charge in [0.05, 0.1) is 18.1 Å². The molecular formula is C16H19N9O. The monoisotopic (exact) mass is 353 g/mol. The average molecular weight is 353 g/mol. The van der Waals surface area contributed by atoms with E-state index in [1.54, 1.807) is 6.07 Å². The first-order valence-electron chi connectivity index (χ1n) is 8.20. The van der Waals surface area contributed by atoms with Gasteiger partial charge in [-0.15, -0.1) is 10.2 Å². The number of anilines is 4. The third-order valence-electron chi connectivity index (χ3n) is 3.94. The molecule has 10 nitrogen and oxygen atoms in total. The molecule has 26 heavy (non-hydrogen) atoms. The zero-order valence-corrected chi connectivity index (χ0v) is 14.2. The van der Waals surface area contributed by atoms with Crippen LogP contribution < -0.4 is 21.7 Å². The van der Waals surface area contributed by atoms with Crippen molar-refractivity contribution in [2.45, 2.75) is 38.3 Å². The lowest BCUT2D eigenvalue weighted by molar-refractivity contribution is -0.114. The van der Waals surface area contributed by atoms with Crippen molar-refractivity contribution in [2.75, 3.05) is 16.0 Å². The Kier molecular flexibility index (Phi) is 5.19. The fourth-order valence-corrected chi connectivity index (χ4v) is 2.77. The van der Waals surface area contributed by atoms with Gasteiger partial charge in [-0.1, -0.05) is 0 Å². The predicted octanol–water partition coefficient (Wildman–Crippen LogP) is 1.13. The Hall–Kier alpha value is -3.32. The van der Waals surface area contributed by atoms with Crippen molar-refractivity contribution in [3.8, 4) is 6.07 Å². The van der Waals surface area contributed by atoms with E-state index in [1.807, 2.05) is 6.07 Å². The molecule has 1 amide bonds. The number of nitrogens with zero attached hydrogens (tertiary/aromatic N) is 5. The summed E-state index contributed by atoms with van der Waals surface area (Å²) in [6.07, 6.45) is 5.56. The van der Waals surface area contributed by atoms with Crippen LogP contribution in [0.3, 0.4) is 0 Å². The molecule has 1 saturated carbocycles. The lowest BCUT2D eigenvalue weighted by Crippen LogP contribution is -2.22.